The molecule has 8 heteroatoms. The summed E-state index contributed by atoms with van der Waals surface area (Å²) in [4.78, 5) is 42.0. The van der Waals surface area contributed by atoms with E-state index < -0.39 is 23.3 Å². The predicted molar refractivity (Wildman–Crippen MR) is 209 cm³/mol. The van der Waals surface area contributed by atoms with Crippen molar-refractivity contribution < 1.29 is 38.1 Å². The lowest BCUT2D eigenvalue weighted by Gasteiger charge is -2.21. The van der Waals surface area contributed by atoms with Crippen molar-refractivity contribution in [2.45, 2.75) is 52.8 Å². The van der Waals surface area contributed by atoms with Crippen LogP contribution in [-0.4, -0.2) is 23.3 Å². The zero-order valence-corrected chi connectivity index (χ0v) is 31.0. The number of hydrogen-bond acceptors (Lipinski definition) is 8. The van der Waals surface area contributed by atoms with E-state index in [9.17, 15) is 14.4 Å². The Kier molecular flexibility index (Phi) is 12.4. The van der Waals surface area contributed by atoms with Gasteiger partial charge in [0.05, 0.1) is 5.56 Å². The van der Waals surface area contributed by atoms with Gasteiger partial charge in [0.25, 0.3) is 0 Å². The lowest BCUT2D eigenvalue weighted by molar-refractivity contribution is 0.00680. The van der Waals surface area contributed by atoms with Crippen molar-refractivity contribution in [2.24, 2.45) is 0 Å². The van der Waals surface area contributed by atoms with Gasteiger partial charge in [-0.25, -0.2) is 9.59 Å². The Balaban J connectivity index is 1.42. The normalized spacial score (nSPS) is 11.0. The van der Waals surface area contributed by atoms with Gasteiger partial charge in [-0.3, -0.25) is 4.79 Å². The highest BCUT2D eigenvalue weighted by molar-refractivity contribution is 6.14. The smallest absolute Gasteiger partial charge is 0.342 e. The Hall–Kier alpha value is -6.67. The molecule has 8 nitrogen and oxygen atoms in total. The molecule has 0 radical (unpaired) electrons. The third kappa shape index (κ3) is 10.7. The summed E-state index contributed by atoms with van der Waals surface area (Å²) in [6, 6.07) is 45.4. The molecule has 0 saturated carbocycles. The second-order valence-electron chi connectivity index (χ2n) is 13.8. The highest BCUT2D eigenvalue weighted by Gasteiger charge is 2.28. The van der Waals surface area contributed by atoms with Gasteiger partial charge in [-0.05, 0) is 73.4 Å². The first kappa shape index (κ1) is 38.1. The Labute approximate surface area is 321 Å². The number of benzene rings is 6. The maximum Gasteiger partial charge on any atom is 0.342 e. The Bertz CT molecular complexity index is 2150. The molecule has 6 rings (SSSR count). The van der Waals surface area contributed by atoms with Crippen molar-refractivity contribution in [3.05, 3.63) is 196 Å². The highest BCUT2D eigenvalue weighted by Crippen LogP contribution is 2.36. The van der Waals surface area contributed by atoms with E-state index in [2.05, 4.69) is 0 Å². The van der Waals surface area contributed by atoms with Crippen LogP contribution in [0.25, 0.3) is 0 Å². The number of hydrogen-bond donors (Lipinski definition) is 0. The van der Waals surface area contributed by atoms with Crippen LogP contribution in [0.2, 0.25) is 0 Å². The topological polar surface area (TPSA) is 97.4 Å². The van der Waals surface area contributed by atoms with Crippen molar-refractivity contribution >= 4 is 17.7 Å². The van der Waals surface area contributed by atoms with Crippen molar-refractivity contribution in [1.29, 1.82) is 0 Å². The lowest BCUT2D eigenvalue weighted by Crippen LogP contribution is -2.24. The van der Waals surface area contributed by atoms with Crippen molar-refractivity contribution in [1.82, 2.24) is 0 Å². The Morgan fingerprint density at radius 2 is 0.873 bits per heavy atom. The van der Waals surface area contributed by atoms with Crippen LogP contribution in [0.3, 0.4) is 0 Å². The van der Waals surface area contributed by atoms with Crippen LogP contribution in [0.1, 0.15) is 79.7 Å². The lowest BCUT2D eigenvalue weighted by atomic mass is 9.97. The van der Waals surface area contributed by atoms with E-state index in [1.54, 1.807) is 32.9 Å². The summed E-state index contributed by atoms with van der Waals surface area (Å²) in [7, 11) is 0. The van der Waals surface area contributed by atoms with Crippen LogP contribution < -0.4 is 14.2 Å². The van der Waals surface area contributed by atoms with E-state index >= 15 is 0 Å². The van der Waals surface area contributed by atoms with Gasteiger partial charge in [-0.15, -0.1) is 0 Å². The summed E-state index contributed by atoms with van der Waals surface area (Å²) in [5.41, 5.74) is 3.06. The molecule has 6 aromatic rings. The minimum absolute atomic E-state index is 0.0248. The molecule has 6 aromatic carbocycles. The summed E-state index contributed by atoms with van der Waals surface area (Å²) < 4.78 is 30.2. The van der Waals surface area contributed by atoms with Crippen LogP contribution in [-0.2, 0) is 35.9 Å². The second kappa shape index (κ2) is 17.9. The summed E-state index contributed by atoms with van der Waals surface area (Å²) >= 11 is 0. The van der Waals surface area contributed by atoms with Crippen molar-refractivity contribution in [2.75, 3.05) is 0 Å². The van der Waals surface area contributed by atoms with E-state index in [1.165, 1.54) is 18.2 Å². The molecule has 0 fully saturated rings. The van der Waals surface area contributed by atoms with Crippen LogP contribution in [0.4, 0.5) is 0 Å². The van der Waals surface area contributed by atoms with Gasteiger partial charge in [0, 0.05) is 5.56 Å². The molecule has 278 valence electrons. The quantitative estimate of drug-likeness (QED) is 0.0760. The molecule has 0 aliphatic carbocycles. The SMILES string of the molecule is CC(C)(C)OC(=O)c1cc(OCc2ccccc2)c(C(=O)c2ccc(OCc3ccccc3)c(C(=O)OCc3ccccc3)c2)c(OCc2ccccc2)c1. The minimum atomic E-state index is -0.780. The largest absolute Gasteiger partial charge is 0.488 e. The molecule has 0 heterocycles. The molecule has 0 atom stereocenters. The third-order valence-corrected chi connectivity index (χ3v) is 8.31. The molecular formula is C47H42O8. The Morgan fingerprint density at radius 3 is 1.31 bits per heavy atom. The maximum absolute atomic E-state index is 14.8. The predicted octanol–water partition coefficient (Wildman–Crippen LogP) is 9.97. The number of esters is 2. The van der Waals surface area contributed by atoms with Gasteiger partial charge in [0.2, 0.25) is 5.78 Å². The molecule has 0 aliphatic heterocycles. The van der Waals surface area contributed by atoms with Gasteiger partial charge in [-0.1, -0.05) is 121 Å². The first-order valence-electron chi connectivity index (χ1n) is 17.9. The van der Waals surface area contributed by atoms with Gasteiger partial charge in [0.15, 0.2) is 0 Å². The van der Waals surface area contributed by atoms with Crippen LogP contribution in [0.15, 0.2) is 152 Å². The molecule has 0 spiro atoms. The van der Waals surface area contributed by atoms with Gasteiger partial charge in [-0.2, -0.15) is 0 Å². The van der Waals surface area contributed by atoms with Crippen molar-refractivity contribution in [3.8, 4) is 17.2 Å². The second-order valence-corrected chi connectivity index (χ2v) is 13.8. The van der Waals surface area contributed by atoms with E-state index in [0.717, 1.165) is 22.3 Å². The monoisotopic (exact) mass is 734 g/mol. The molecule has 0 saturated heterocycles. The van der Waals surface area contributed by atoms with E-state index in [1.807, 2.05) is 121 Å². The number of carbonyl (C=O) groups excluding carboxylic acids is 3. The molecule has 0 N–H and O–H groups in total. The first-order valence-corrected chi connectivity index (χ1v) is 17.9. The molecule has 0 bridgehead atoms. The van der Waals surface area contributed by atoms with E-state index in [-0.39, 0.29) is 65.9 Å². The average Bonchev–Trinajstić information content (AvgIpc) is 3.21. The number of ether oxygens (including phenoxy) is 5. The van der Waals surface area contributed by atoms with Crippen LogP contribution >= 0.6 is 0 Å². The van der Waals surface area contributed by atoms with Gasteiger partial charge >= 0.3 is 11.9 Å². The fourth-order valence-corrected chi connectivity index (χ4v) is 5.60. The standard InChI is InChI=1S/C47H42O8/c1-47(2,3)55-45(49)38-27-41(52-30-34-18-10-5-11-19-34)43(42(28-38)53-31-35-20-12-6-13-21-35)44(48)37-24-25-40(51-29-33-16-8-4-9-17-33)39(26-37)46(50)54-32-36-22-14-7-15-23-36/h4-28H,29-32H2,1-3H3. The first-order chi connectivity index (χ1) is 26.6. The number of rotatable bonds is 15. The van der Waals surface area contributed by atoms with E-state index in [4.69, 9.17) is 23.7 Å². The number of carbonyl (C=O) groups is 3. The molecule has 0 unspecified atom stereocenters. The summed E-state index contributed by atoms with van der Waals surface area (Å²) in [6.07, 6.45) is 0. The zero-order valence-electron chi connectivity index (χ0n) is 31.0. The van der Waals surface area contributed by atoms with Crippen LogP contribution in [0, 0.1) is 0 Å². The van der Waals surface area contributed by atoms with Crippen LogP contribution in [0.5, 0.6) is 17.2 Å². The third-order valence-electron chi connectivity index (χ3n) is 8.31. The summed E-state index contributed by atoms with van der Waals surface area (Å²) in [6.45, 7) is 5.74. The average molecular weight is 735 g/mol. The molecule has 0 amide bonds. The summed E-state index contributed by atoms with van der Waals surface area (Å²) in [5, 5.41) is 0. The summed E-state index contributed by atoms with van der Waals surface area (Å²) in [5.74, 6) is -1.31. The number of ketones is 1. The molecule has 0 aromatic heterocycles. The fourth-order valence-electron chi connectivity index (χ4n) is 5.60. The minimum Gasteiger partial charge on any atom is -0.488 e. The molecule has 55 heavy (non-hydrogen) atoms. The fraction of sp³-hybridized carbons (Fsp3) is 0.170. The molecular weight excluding hydrogens is 693 g/mol. The molecule has 0 aliphatic rings. The zero-order chi connectivity index (χ0) is 38.6. The van der Waals surface area contributed by atoms with Gasteiger partial charge < -0.3 is 23.7 Å². The van der Waals surface area contributed by atoms with Crippen molar-refractivity contribution in [3.63, 3.8) is 0 Å². The highest BCUT2D eigenvalue weighted by atomic mass is 16.6. The Morgan fingerprint density at radius 1 is 0.455 bits per heavy atom. The maximum atomic E-state index is 14.8. The van der Waals surface area contributed by atoms with E-state index in [0.29, 0.717) is 0 Å². The van der Waals surface area contributed by atoms with Gasteiger partial charge in [0.1, 0.15) is 60.4 Å².